The summed E-state index contributed by atoms with van der Waals surface area (Å²) in [4.78, 5) is 16.5. The first kappa shape index (κ1) is 18.1. The largest absolute Gasteiger partial charge is 0.379 e. The molecule has 137 valence electrons. The lowest BCUT2D eigenvalue weighted by molar-refractivity contribution is -0.132. The Morgan fingerprint density at radius 2 is 2.08 bits per heavy atom. The minimum atomic E-state index is -2.87. The van der Waals surface area contributed by atoms with Gasteiger partial charge in [0.2, 0.25) is 5.91 Å². The van der Waals surface area contributed by atoms with Crippen molar-refractivity contribution in [3.63, 3.8) is 0 Å². The van der Waals surface area contributed by atoms with Gasteiger partial charge in [0.05, 0.1) is 17.6 Å². The number of methoxy groups -OCH3 is 1. The molecule has 3 aliphatic heterocycles. The smallest absolute Gasteiger partial charge is 0.237 e. The molecule has 8 heteroatoms. The van der Waals surface area contributed by atoms with Crippen molar-refractivity contribution in [1.82, 2.24) is 9.80 Å². The van der Waals surface area contributed by atoms with Gasteiger partial charge >= 0.3 is 0 Å². The van der Waals surface area contributed by atoms with Crippen LogP contribution in [0.15, 0.2) is 0 Å². The summed E-state index contributed by atoms with van der Waals surface area (Å²) in [6.07, 6.45) is 5.67. The Kier molecular flexibility index (Phi) is 5.20. The average Bonchev–Trinajstić information content (AvgIpc) is 2.74. The minimum Gasteiger partial charge on any atom is -0.379 e. The van der Waals surface area contributed by atoms with Gasteiger partial charge in [-0.1, -0.05) is 0 Å². The molecule has 0 saturated carbocycles. The first-order valence-corrected chi connectivity index (χ1v) is 10.5. The molecular formula is C16H28N3O4S. The van der Waals surface area contributed by atoms with E-state index in [0.717, 1.165) is 25.7 Å². The van der Waals surface area contributed by atoms with Crippen LogP contribution in [0.4, 0.5) is 0 Å². The quantitative estimate of drug-likeness (QED) is 0.683. The van der Waals surface area contributed by atoms with Crippen LogP contribution in [0, 0.1) is 6.42 Å². The Balaban J connectivity index is 1.63. The molecule has 0 aromatic rings. The second-order valence-corrected chi connectivity index (χ2v) is 9.58. The number of carbonyl (C=O) groups excluding carboxylic acids is 1. The number of piperidine rings is 1. The van der Waals surface area contributed by atoms with Crippen LogP contribution in [-0.2, 0) is 19.4 Å². The molecule has 3 aliphatic rings. The third kappa shape index (κ3) is 3.47. The number of hydrogen-bond donors (Lipinski definition) is 1. The molecule has 3 heterocycles. The Hall–Kier alpha value is -0.700. The number of hydrogen-bond acceptors (Lipinski definition) is 6. The van der Waals surface area contributed by atoms with E-state index in [0.29, 0.717) is 32.2 Å². The zero-order valence-electron chi connectivity index (χ0n) is 14.3. The number of nitrogens with zero attached hydrogens (tertiary/aromatic N) is 2. The van der Waals surface area contributed by atoms with Crippen molar-refractivity contribution in [2.75, 3.05) is 44.8 Å². The first-order chi connectivity index (χ1) is 11.4. The Bertz CT molecular complexity index is 564. The summed E-state index contributed by atoms with van der Waals surface area (Å²) < 4.78 is 28.8. The molecule has 3 atom stereocenters. The summed E-state index contributed by atoms with van der Waals surface area (Å²) in [5, 5.41) is 0. The number of amides is 1. The summed E-state index contributed by atoms with van der Waals surface area (Å²) >= 11 is 0. The number of rotatable bonds is 6. The van der Waals surface area contributed by atoms with E-state index < -0.39 is 15.4 Å². The van der Waals surface area contributed by atoms with E-state index in [2.05, 4.69) is 16.2 Å². The second-order valence-electron chi connectivity index (χ2n) is 7.28. The van der Waals surface area contributed by atoms with E-state index >= 15 is 0 Å². The number of primary amides is 1. The predicted molar refractivity (Wildman–Crippen MR) is 91.1 cm³/mol. The lowest BCUT2D eigenvalue weighted by atomic mass is 9.87. The van der Waals surface area contributed by atoms with Crippen molar-refractivity contribution in [2.24, 2.45) is 5.73 Å². The van der Waals surface area contributed by atoms with Crippen molar-refractivity contribution in [3.8, 4) is 0 Å². The standard InChI is InChI=1S/C16H28N3O4S/c1-23-14(11-18-7-9-24(21,22)10-8-18)12-19-13-3-2-5-16(19,6-4-13)15(17)20/h2,13-14H,3-12H2,1H3,(H2,17,20)/t13-,14?,16+/m1/s1. The van der Waals surface area contributed by atoms with Crippen molar-refractivity contribution in [2.45, 2.75) is 43.4 Å². The van der Waals surface area contributed by atoms with E-state index in [-0.39, 0.29) is 23.5 Å². The lowest BCUT2D eigenvalue weighted by Gasteiger charge is -2.44. The number of carbonyl (C=O) groups is 1. The maximum Gasteiger partial charge on any atom is 0.237 e. The van der Waals surface area contributed by atoms with Crippen molar-refractivity contribution < 1.29 is 17.9 Å². The summed E-state index contributed by atoms with van der Waals surface area (Å²) in [5.41, 5.74) is 5.19. The molecule has 1 unspecified atom stereocenters. The Morgan fingerprint density at radius 1 is 1.38 bits per heavy atom. The molecule has 1 amide bonds. The van der Waals surface area contributed by atoms with Gasteiger partial charge in [0.25, 0.3) is 0 Å². The molecule has 0 aromatic carbocycles. The fraction of sp³-hybridized carbons (Fsp3) is 0.875. The Labute approximate surface area is 144 Å². The van der Waals surface area contributed by atoms with Gasteiger partial charge in [-0.05, 0) is 32.1 Å². The normalized spacial score (nSPS) is 35.0. The van der Waals surface area contributed by atoms with Crippen molar-refractivity contribution in [1.29, 1.82) is 0 Å². The van der Waals surface area contributed by atoms with Gasteiger partial charge in [-0.3, -0.25) is 14.6 Å². The zero-order chi connectivity index (χ0) is 17.4. The molecular weight excluding hydrogens is 330 g/mol. The van der Waals surface area contributed by atoms with Crippen molar-refractivity contribution >= 4 is 15.7 Å². The minimum absolute atomic E-state index is 0.0526. The van der Waals surface area contributed by atoms with Crippen LogP contribution in [0.3, 0.4) is 0 Å². The molecule has 1 radical (unpaired) electrons. The molecule has 3 fully saturated rings. The van der Waals surface area contributed by atoms with E-state index in [1.54, 1.807) is 7.11 Å². The van der Waals surface area contributed by atoms with Crippen LogP contribution >= 0.6 is 0 Å². The lowest BCUT2D eigenvalue weighted by Crippen LogP contribution is -2.60. The SMILES string of the molecule is COC(CN1CCS(=O)(=O)CC1)CN1[C@@H]2C[CH]C[C@@]1(C(N)=O)CC2. The second kappa shape index (κ2) is 6.90. The van der Waals surface area contributed by atoms with Gasteiger partial charge in [0.1, 0.15) is 5.54 Å². The van der Waals surface area contributed by atoms with Crippen LogP contribution < -0.4 is 5.73 Å². The monoisotopic (exact) mass is 358 g/mol. The van der Waals surface area contributed by atoms with Crippen LogP contribution in [-0.4, -0.2) is 86.6 Å². The predicted octanol–water partition coefficient (Wildman–Crippen LogP) is -0.582. The van der Waals surface area contributed by atoms with E-state index in [4.69, 9.17) is 10.5 Å². The highest BCUT2D eigenvalue weighted by molar-refractivity contribution is 7.91. The fourth-order valence-corrected chi connectivity index (χ4v) is 5.65. The highest BCUT2D eigenvalue weighted by Crippen LogP contribution is 2.43. The number of ether oxygens (including phenoxy) is 1. The number of nitrogens with two attached hydrogens (primary N) is 1. The fourth-order valence-electron chi connectivity index (χ4n) is 4.37. The molecule has 24 heavy (non-hydrogen) atoms. The third-order valence-corrected chi connectivity index (χ3v) is 7.50. The topological polar surface area (TPSA) is 92.9 Å². The van der Waals surface area contributed by atoms with E-state index in [1.165, 1.54) is 0 Å². The van der Waals surface area contributed by atoms with Crippen LogP contribution in [0.25, 0.3) is 0 Å². The molecule has 2 N–H and O–H groups in total. The Morgan fingerprint density at radius 3 is 2.71 bits per heavy atom. The van der Waals surface area contributed by atoms with Gasteiger partial charge in [0, 0.05) is 39.3 Å². The molecule has 3 rings (SSSR count). The van der Waals surface area contributed by atoms with E-state index in [1.807, 2.05) is 0 Å². The molecule has 0 aromatic heterocycles. The van der Waals surface area contributed by atoms with Gasteiger partial charge < -0.3 is 10.5 Å². The van der Waals surface area contributed by atoms with E-state index in [9.17, 15) is 13.2 Å². The van der Waals surface area contributed by atoms with Crippen LogP contribution in [0.2, 0.25) is 0 Å². The number of sulfone groups is 1. The van der Waals surface area contributed by atoms with Gasteiger partial charge in [-0.15, -0.1) is 0 Å². The molecule has 2 bridgehead atoms. The molecule has 3 saturated heterocycles. The van der Waals surface area contributed by atoms with Gasteiger partial charge in [-0.2, -0.15) is 0 Å². The average molecular weight is 358 g/mol. The third-order valence-electron chi connectivity index (χ3n) is 5.89. The van der Waals surface area contributed by atoms with Gasteiger partial charge in [-0.25, -0.2) is 8.42 Å². The number of fused-ring (bicyclic) bond motifs is 2. The highest BCUT2D eigenvalue weighted by atomic mass is 32.2. The maximum atomic E-state index is 12.1. The molecule has 0 spiro atoms. The first-order valence-electron chi connectivity index (χ1n) is 8.70. The van der Waals surface area contributed by atoms with Crippen LogP contribution in [0.5, 0.6) is 0 Å². The van der Waals surface area contributed by atoms with Gasteiger partial charge in [0.15, 0.2) is 9.84 Å². The summed E-state index contributed by atoms with van der Waals surface area (Å²) in [7, 11) is -1.19. The molecule has 0 aliphatic carbocycles. The zero-order valence-corrected chi connectivity index (χ0v) is 15.1. The molecule has 7 nitrogen and oxygen atoms in total. The highest BCUT2D eigenvalue weighted by Gasteiger charge is 2.53. The van der Waals surface area contributed by atoms with Crippen LogP contribution in [0.1, 0.15) is 25.7 Å². The van der Waals surface area contributed by atoms with Crippen molar-refractivity contribution in [3.05, 3.63) is 6.42 Å². The summed E-state index contributed by atoms with van der Waals surface area (Å²) in [5.74, 6) is 0.200. The summed E-state index contributed by atoms with van der Waals surface area (Å²) in [6.45, 7) is 2.47. The maximum absolute atomic E-state index is 12.1. The summed E-state index contributed by atoms with van der Waals surface area (Å²) in [6, 6.07) is 0.366.